The van der Waals surface area contributed by atoms with Crippen LogP contribution in [0.5, 0.6) is 5.75 Å². The minimum atomic E-state index is 0.234. The summed E-state index contributed by atoms with van der Waals surface area (Å²) >= 11 is 0. The zero-order valence-electron chi connectivity index (χ0n) is 10.7. The summed E-state index contributed by atoms with van der Waals surface area (Å²) in [6.45, 7) is 4.50. The summed E-state index contributed by atoms with van der Waals surface area (Å²) in [6.07, 6.45) is 2.76. The molecule has 1 aromatic carbocycles. The number of aliphatic hydroxyl groups excluding tert-OH is 1. The maximum atomic E-state index is 9.20. The van der Waals surface area contributed by atoms with Crippen molar-refractivity contribution in [2.45, 2.75) is 45.2 Å². The van der Waals surface area contributed by atoms with Crippen LogP contribution in [-0.4, -0.2) is 28.9 Å². The molecule has 96 valence electrons. The number of rotatable bonds is 7. The van der Waals surface area contributed by atoms with E-state index >= 15 is 0 Å². The fraction of sp³-hybridized carbons (Fsp3) is 0.571. The SMILES string of the molecule is CCC(CCO)NC(C)Cc1ccc(O)cc1. The van der Waals surface area contributed by atoms with Gasteiger partial charge in [-0.3, -0.25) is 0 Å². The van der Waals surface area contributed by atoms with Gasteiger partial charge in [-0.2, -0.15) is 0 Å². The predicted molar refractivity (Wildman–Crippen MR) is 70.2 cm³/mol. The molecule has 0 amide bonds. The first-order valence-electron chi connectivity index (χ1n) is 6.30. The summed E-state index contributed by atoms with van der Waals surface area (Å²) in [5, 5.41) is 21.6. The van der Waals surface area contributed by atoms with Gasteiger partial charge < -0.3 is 15.5 Å². The van der Waals surface area contributed by atoms with E-state index < -0.39 is 0 Å². The second kappa shape index (κ2) is 7.30. The number of hydrogen-bond donors (Lipinski definition) is 3. The second-order valence-electron chi connectivity index (χ2n) is 4.56. The Hall–Kier alpha value is -1.06. The molecule has 1 rings (SSSR count). The van der Waals surface area contributed by atoms with Crippen LogP contribution in [0.15, 0.2) is 24.3 Å². The van der Waals surface area contributed by atoms with Gasteiger partial charge >= 0.3 is 0 Å². The van der Waals surface area contributed by atoms with Crippen LogP contribution in [0.2, 0.25) is 0 Å². The van der Waals surface area contributed by atoms with Gasteiger partial charge in [0.25, 0.3) is 0 Å². The lowest BCUT2D eigenvalue weighted by molar-refractivity contribution is 0.256. The molecule has 0 aliphatic heterocycles. The van der Waals surface area contributed by atoms with Gasteiger partial charge in [-0.05, 0) is 43.9 Å². The molecular weight excluding hydrogens is 214 g/mol. The number of hydrogen-bond acceptors (Lipinski definition) is 3. The second-order valence-corrected chi connectivity index (χ2v) is 4.56. The van der Waals surface area contributed by atoms with E-state index in [1.807, 2.05) is 12.1 Å². The third-order valence-electron chi connectivity index (χ3n) is 2.97. The number of aliphatic hydroxyl groups is 1. The molecular formula is C14H23NO2. The highest BCUT2D eigenvalue weighted by molar-refractivity contribution is 5.26. The van der Waals surface area contributed by atoms with Gasteiger partial charge in [0.1, 0.15) is 5.75 Å². The van der Waals surface area contributed by atoms with Crippen LogP contribution >= 0.6 is 0 Å². The minimum Gasteiger partial charge on any atom is -0.508 e. The molecule has 0 aromatic heterocycles. The molecule has 2 atom stereocenters. The number of benzene rings is 1. The third kappa shape index (κ3) is 5.20. The zero-order valence-corrected chi connectivity index (χ0v) is 10.7. The molecule has 3 heteroatoms. The quantitative estimate of drug-likeness (QED) is 0.680. The number of aromatic hydroxyl groups is 1. The van der Waals surface area contributed by atoms with Crippen LogP contribution < -0.4 is 5.32 Å². The smallest absolute Gasteiger partial charge is 0.115 e. The Morgan fingerprint density at radius 3 is 2.41 bits per heavy atom. The van der Waals surface area contributed by atoms with Gasteiger partial charge in [0, 0.05) is 18.7 Å². The van der Waals surface area contributed by atoms with Crippen molar-refractivity contribution in [3.8, 4) is 5.75 Å². The lowest BCUT2D eigenvalue weighted by Gasteiger charge is -2.21. The van der Waals surface area contributed by atoms with Crippen molar-refractivity contribution in [3.05, 3.63) is 29.8 Å². The Kier molecular flexibility index (Phi) is 6.01. The topological polar surface area (TPSA) is 52.5 Å². The average molecular weight is 237 g/mol. The van der Waals surface area contributed by atoms with Crippen LogP contribution in [0, 0.1) is 0 Å². The molecule has 0 fully saturated rings. The van der Waals surface area contributed by atoms with Gasteiger partial charge in [-0.25, -0.2) is 0 Å². The summed E-state index contributed by atoms with van der Waals surface area (Å²) in [4.78, 5) is 0. The molecule has 0 saturated heterocycles. The van der Waals surface area contributed by atoms with Gasteiger partial charge in [0.05, 0.1) is 0 Å². The van der Waals surface area contributed by atoms with Crippen molar-refractivity contribution in [2.24, 2.45) is 0 Å². The highest BCUT2D eigenvalue weighted by Gasteiger charge is 2.10. The normalized spacial score (nSPS) is 14.5. The van der Waals surface area contributed by atoms with Crippen molar-refractivity contribution in [1.29, 1.82) is 0 Å². The van der Waals surface area contributed by atoms with Crippen molar-refractivity contribution >= 4 is 0 Å². The summed E-state index contributed by atoms with van der Waals surface area (Å²) in [5.74, 6) is 0.307. The molecule has 0 bridgehead atoms. The van der Waals surface area contributed by atoms with Gasteiger partial charge in [0.2, 0.25) is 0 Å². The molecule has 0 radical (unpaired) electrons. The van der Waals surface area contributed by atoms with E-state index in [0.717, 1.165) is 19.3 Å². The van der Waals surface area contributed by atoms with Gasteiger partial charge in [-0.1, -0.05) is 19.1 Å². The third-order valence-corrected chi connectivity index (χ3v) is 2.97. The van der Waals surface area contributed by atoms with Crippen molar-refractivity contribution in [2.75, 3.05) is 6.61 Å². The van der Waals surface area contributed by atoms with Crippen LogP contribution in [0.25, 0.3) is 0 Å². The van der Waals surface area contributed by atoms with Crippen molar-refractivity contribution < 1.29 is 10.2 Å². The molecule has 0 saturated carbocycles. The first kappa shape index (κ1) is 14.0. The summed E-state index contributed by atoms with van der Waals surface area (Å²) < 4.78 is 0. The van der Waals surface area contributed by atoms with E-state index in [0.29, 0.717) is 17.8 Å². The number of phenolic OH excluding ortho intramolecular Hbond substituents is 1. The number of phenols is 1. The summed E-state index contributed by atoms with van der Waals surface area (Å²) in [6, 6.07) is 8.07. The largest absolute Gasteiger partial charge is 0.508 e. The zero-order chi connectivity index (χ0) is 12.7. The standard InChI is InChI=1S/C14H23NO2/c1-3-13(8-9-16)15-11(2)10-12-4-6-14(17)7-5-12/h4-7,11,13,15-17H,3,8-10H2,1-2H3. The van der Waals surface area contributed by atoms with E-state index in [1.165, 1.54) is 5.56 Å². The average Bonchev–Trinajstić information content (AvgIpc) is 2.31. The van der Waals surface area contributed by atoms with Crippen LogP contribution in [0.3, 0.4) is 0 Å². The Balaban J connectivity index is 2.42. The summed E-state index contributed by atoms with van der Waals surface area (Å²) in [5.41, 5.74) is 1.21. The minimum absolute atomic E-state index is 0.234. The van der Waals surface area contributed by atoms with Gasteiger partial charge in [0.15, 0.2) is 0 Å². The highest BCUT2D eigenvalue weighted by atomic mass is 16.3. The predicted octanol–water partition coefficient (Wildman–Crippen LogP) is 2.07. The lowest BCUT2D eigenvalue weighted by Crippen LogP contribution is -2.38. The van der Waals surface area contributed by atoms with Crippen molar-refractivity contribution in [1.82, 2.24) is 5.32 Å². The van der Waals surface area contributed by atoms with E-state index in [-0.39, 0.29) is 6.61 Å². The molecule has 2 unspecified atom stereocenters. The number of nitrogens with one attached hydrogen (secondary N) is 1. The van der Waals surface area contributed by atoms with E-state index in [1.54, 1.807) is 12.1 Å². The highest BCUT2D eigenvalue weighted by Crippen LogP contribution is 2.11. The molecule has 17 heavy (non-hydrogen) atoms. The molecule has 0 aliphatic carbocycles. The van der Waals surface area contributed by atoms with E-state index in [2.05, 4.69) is 19.2 Å². The molecule has 3 N–H and O–H groups in total. The van der Waals surface area contributed by atoms with Crippen LogP contribution in [-0.2, 0) is 6.42 Å². The van der Waals surface area contributed by atoms with Crippen LogP contribution in [0.4, 0.5) is 0 Å². The van der Waals surface area contributed by atoms with E-state index in [9.17, 15) is 5.11 Å². The molecule has 0 aliphatic rings. The Bertz CT molecular complexity index is 311. The summed E-state index contributed by atoms with van der Waals surface area (Å²) in [7, 11) is 0. The van der Waals surface area contributed by atoms with Crippen LogP contribution in [0.1, 0.15) is 32.3 Å². The first-order valence-corrected chi connectivity index (χ1v) is 6.30. The fourth-order valence-corrected chi connectivity index (χ4v) is 2.01. The maximum absolute atomic E-state index is 9.20. The van der Waals surface area contributed by atoms with Gasteiger partial charge in [-0.15, -0.1) is 0 Å². The molecule has 0 heterocycles. The monoisotopic (exact) mass is 237 g/mol. The fourth-order valence-electron chi connectivity index (χ4n) is 2.01. The van der Waals surface area contributed by atoms with E-state index in [4.69, 9.17) is 5.11 Å². The first-order chi connectivity index (χ1) is 8.15. The molecule has 3 nitrogen and oxygen atoms in total. The Morgan fingerprint density at radius 1 is 1.24 bits per heavy atom. The Labute approximate surface area is 103 Å². The lowest BCUT2D eigenvalue weighted by atomic mass is 10.0. The Morgan fingerprint density at radius 2 is 1.88 bits per heavy atom. The molecule has 0 spiro atoms. The molecule has 1 aromatic rings. The van der Waals surface area contributed by atoms with Crippen molar-refractivity contribution in [3.63, 3.8) is 0 Å². The maximum Gasteiger partial charge on any atom is 0.115 e.